The maximum absolute atomic E-state index is 13.2. The Morgan fingerprint density at radius 2 is 2.03 bits per heavy atom. The van der Waals surface area contributed by atoms with Crippen LogP contribution in [0.4, 0.5) is 17.3 Å². The van der Waals surface area contributed by atoms with Gasteiger partial charge in [0.25, 0.3) is 5.56 Å². The van der Waals surface area contributed by atoms with E-state index in [2.05, 4.69) is 27.5 Å². The maximum Gasteiger partial charge on any atom is 0.294 e. The predicted molar refractivity (Wildman–Crippen MR) is 120 cm³/mol. The van der Waals surface area contributed by atoms with Crippen molar-refractivity contribution < 1.29 is 4.79 Å². The molecule has 0 bridgehead atoms. The summed E-state index contributed by atoms with van der Waals surface area (Å²) < 4.78 is 1.56. The highest BCUT2D eigenvalue weighted by Crippen LogP contribution is 2.25. The van der Waals surface area contributed by atoms with E-state index in [0.29, 0.717) is 25.2 Å². The molecule has 160 valence electrons. The highest BCUT2D eigenvalue weighted by atomic mass is 16.2. The van der Waals surface area contributed by atoms with Crippen LogP contribution in [0.15, 0.2) is 47.4 Å². The van der Waals surface area contributed by atoms with Crippen LogP contribution in [-0.2, 0) is 24.2 Å². The van der Waals surface area contributed by atoms with Crippen LogP contribution in [0.2, 0.25) is 0 Å². The summed E-state index contributed by atoms with van der Waals surface area (Å²) in [6.07, 6.45) is 3.71. The van der Waals surface area contributed by atoms with Gasteiger partial charge in [-0.2, -0.15) is 0 Å². The van der Waals surface area contributed by atoms with Crippen molar-refractivity contribution in [3.05, 3.63) is 75.5 Å². The minimum atomic E-state index is -0.561. The summed E-state index contributed by atoms with van der Waals surface area (Å²) in [6, 6.07) is 10.8. The lowest BCUT2D eigenvalue weighted by Gasteiger charge is -2.17. The molecule has 0 saturated carbocycles. The van der Waals surface area contributed by atoms with Gasteiger partial charge in [-0.3, -0.25) is 14.2 Å². The third-order valence-corrected chi connectivity index (χ3v) is 5.68. The van der Waals surface area contributed by atoms with Crippen LogP contribution >= 0.6 is 0 Å². The summed E-state index contributed by atoms with van der Waals surface area (Å²) in [4.78, 5) is 34.7. The van der Waals surface area contributed by atoms with Gasteiger partial charge in [0.2, 0.25) is 5.91 Å². The second-order valence-corrected chi connectivity index (χ2v) is 7.66. The van der Waals surface area contributed by atoms with Gasteiger partial charge >= 0.3 is 0 Å². The number of rotatable bonds is 6. The van der Waals surface area contributed by atoms with E-state index in [1.807, 2.05) is 37.3 Å². The molecule has 0 spiro atoms. The lowest BCUT2D eigenvalue weighted by atomic mass is 10.1. The fraction of sp³-hybridized carbons (Fsp3) is 0.304. The molecule has 0 fully saturated rings. The largest absolute Gasteiger partial charge is 0.384 e. The second kappa shape index (κ2) is 8.59. The number of benzene rings is 1. The summed E-state index contributed by atoms with van der Waals surface area (Å²) in [6.45, 7) is 4.24. The average Bonchev–Trinajstić information content (AvgIpc) is 3.20. The predicted octanol–water partition coefficient (Wildman–Crippen LogP) is 2.64. The molecule has 1 unspecified atom stereocenters. The number of aromatic nitrogens is 3. The molecule has 3 aromatic rings. The lowest BCUT2D eigenvalue weighted by Crippen LogP contribution is -2.36. The molecule has 8 nitrogen and oxygen atoms in total. The quantitative estimate of drug-likeness (QED) is 0.567. The van der Waals surface area contributed by atoms with Crippen molar-refractivity contribution in [2.75, 3.05) is 11.1 Å². The van der Waals surface area contributed by atoms with Crippen molar-refractivity contribution >= 4 is 23.2 Å². The maximum atomic E-state index is 13.2. The molecule has 1 amide bonds. The van der Waals surface area contributed by atoms with E-state index >= 15 is 0 Å². The van der Waals surface area contributed by atoms with Gasteiger partial charge in [-0.15, -0.1) is 0 Å². The third kappa shape index (κ3) is 4.14. The van der Waals surface area contributed by atoms with Crippen molar-refractivity contribution in [3.63, 3.8) is 0 Å². The number of nitrogens with zero attached hydrogens (tertiary/aromatic N) is 3. The number of fused-ring (bicyclic) bond motifs is 1. The fourth-order valence-electron chi connectivity index (χ4n) is 3.95. The molecular formula is C23H26N6O2. The zero-order chi connectivity index (χ0) is 22.0. The number of carbonyl (C=O) groups excluding carboxylic acids is 1. The number of carbonyl (C=O) groups is 1. The highest BCUT2D eigenvalue weighted by Gasteiger charge is 2.30. The van der Waals surface area contributed by atoms with Crippen LogP contribution in [0.25, 0.3) is 0 Å². The van der Waals surface area contributed by atoms with Gasteiger partial charge < -0.3 is 16.4 Å². The lowest BCUT2D eigenvalue weighted by molar-refractivity contribution is -0.124. The number of amides is 1. The van der Waals surface area contributed by atoms with Crippen LogP contribution < -0.4 is 21.9 Å². The number of nitrogen functional groups attached to an aromatic ring is 1. The third-order valence-electron chi connectivity index (χ3n) is 5.68. The normalized spacial score (nSPS) is 14.8. The Morgan fingerprint density at radius 1 is 1.23 bits per heavy atom. The van der Waals surface area contributed by atoms with Crippen LogP contribution in [0.3, 0.4) is 0 Å². The summed E-state index contributed by atoms with van der Waals surface area (Å²) in [5, 5.41) is 6.09. The number of nitrogens with two attached hydrogens (primary N) is 1. The molecule has 31 heavy (non-hydrogen) atoms. The Labute approximate surface area is 180 Å². The van der Waals surface area contributed by atoms with Gasteiger partial charge in [0.15, 0.2) is 5.82 Å². The van der Waals surface area contributed by atoms with Gasteiger partial charge in [0, 0.05) is 29.8 Å². The first-order valence-electron chi connectivity index (χ1n) is 10.4. The van der Waals surface area contributed by atoms with E-state index in [9.17, 15) is 9.59 Å². The minimum absolute atomic E-state index is 0.191. The topological polar surface area (TPSA) is 115 Å². The van der Waals surface area contributed by atoms with Gasteiger partial charge in [0.1, 0.15) is 11.9 Å². The van der Waals surface area contributed by atoms with Crippen LogP contribution in [-0.4, -0.2) is 20.4 Å². The highest BCUT2D eigenvalue weighted by molar-refractivity contribution is 5.81. The Kier molecular flexibility index (Phi) is 5.70. The SMILES string of the molecule is CCc1ccccc1Nc1ncc2n(c1=O)C(C(=O)NCc1ccc(N)nc1C)CC2. The smallest absolute Gasteiger partial charge is 0.294 e. The van der Waals surface area contributed by atoms with Crippen molar-refractivity contribution in [2.24, 2.45) is 0 Å². The van der Waals surface area contributed by atoms with E-state index < -0.39 is 6.04 Å². The van der Waals surface area contributed by atoms with Crippen molar-refractivity contribution in [1.82, 2.24) is 19.9 Å². The molecule has 4 N–H and O–H groups in total. The Hall–Kier alpha value is -3.68. The Morgan fingerprint density at radius 3 is 2.81 bits per heavy atom. The number of pyridine rings is 1. The van der Waals surface area contributed by atoms with Gasteiger partial charge in [-0.1, -0.05) is 31.2 Å². The van der Waals surface area contributed by atoms with E-state index in [-0.39, 0.29) is 17.3 Å². The van der Waals surface area contributed by atoms with Crippen LogP contribution in [0.1, 0.15) is 41.9 Å². The molecule has 1 aliphatic rings. The molecule has 4 rings (SSSR count). The summed E-state index contributed by atoms with van der Waals surface area (Å²) in [7, 11) is 0. The molecule has 2 aromatic heterocycles. The zero-order valence-corrected chi connectivity index (χ0v) is 17.7. The second-order valence-electron chi connectivity index (χ2n) is 7.66. The van der Waals surface area contributed by atoms with Crippen LogP contribution in [0.5, 0.6) is 0 Å². The van der Waals surface area contributed by atoms with Gasteiger partial charge in [0.05, 0.1) is 0 Å². The molecule has 0 saturated heterocycles. The van der Waals surface area contributed by atoms with E-state index in [1.54, 1.807) is 16.8 Å². The zero-order valence-electron chi connectivity index (χ0n) is 17.7. The fourth-order valence-corrected chi connectivity index (χ4v) is 3.95. The molecule has 1 atom stereocenters. The van der Waals surface area contributed by atoms with Crippen molar-refractivity contribution in [1.29, 1.82) is 0 Å². The Balaban J connectivity index is 1.55. The van der Waals surface area contributed by atoms with E-state index in [4.69, 9.17) is 5.73 Å². The standard InChI is InChI=1S/C23H26N6O2/c1-3-15-6-4-5-7-18(15)28-21-23(31)29-17(13-25-21)9-10-19(29)22(30)26-12-16-8-11-20(24)27-14(16)2/h4-8,11,13,19H,3,9-10,12H2,1-2H3,(H2,24,27)(H,25,28)(H,26,30). The first kappa shape index (κ1) is 20.6. The van der Waals surface area contributed by atoms with Gasteiger partial charge in [-0.05, 0) is 49.4 Å². The molecule has 1 aromatic carbocycles. The number of anilines is 3. The first-order chi connectivity index (χ1) is 15.0. The van der Waals surface area contributed by atoms with Gasteiger partial charge in [-0.25, -0.2) is 9.97 Å². The number of nitrogens with one attached hydrogen (secondary N) is 2. The molecule has 0 aliphatic carbocycles. The first-order valence-corrected chi connectivity index (χ1v) is 10.4. The van der Waals surface area contributed by atoms with Crippen molar-refractivity contribution in [2.45, 2.75) is 45.7 Å². The average molecular weight is 419 g/mol. The molecule has 1 aliphatic heterocycles. The number of para-hydroxylation sites is 1. The summed E-state index contributed by atoms with van der Waals surface area (Å²) in [5.74, 6) is 0.479. The number of aryl methyl sites for hydroxylation is 3. The molecule has 3 heterocycles. The molecular weight excluding hydrogens is 392 g/mol. The molecule has 8 heteroatoms. The summed E-state index contributed by atoms with van der Waals surface area (Å²) >= 11 is 0. The number of hydrogen-bond donors (Lipinski definition) is 3. The van der Waals surface area contributed by atoms with Crippen LogP contribution in [0, 0.1) is 6.92 Å². The number of hydrogen-bond acceptors (Lipinski definition) is 6. The van der Waals surface area contributed by atoms with E-state index in [0.717, 1.165) is 34.6 Å². The van der Waals surface area contributed by atoms with Crippen molar-refractivity contribution in [3.8, 4) is 0 Å². The molecule has 0 radical (unpaired) electrons. The van der Waals surface area contributed by atoms with E-state index in [1.165, 1.54) is 0 Å². The minimum Gasteiger partial charge on any atom is -0.384 e. The summed E-state index contributed by atoms with van der Waals surface area (Å²) in [5.41, 5.74) is 9.78. The Bertz CT molecular complexity index is 1190. The monoisotopic (exact) mass is 418 g/mol.